The van der Waals surface area contributed by atoms with Crippen LogP contribution in [0.5, 0.6) is 0 Å². The molecule has 0 aliphatic carbocycles. The van der Waals surface area contributed by atoms with Gasteiger partial charge in [0, 0.05) is 27.3 Å². The van der Waals surface area contributed by atoms with Gasteiger partial charge in [0.25, 0.3) is 0 Å². The molecule has 3 nitrogen and oxygen atoms in total. The molecule has 0 saturated carbocycles. The van der Waals surface area contributed by atoms with Crippen LogP contribution < -0.4 is 5.43 Å². The van der Waals surface area contributed by atoms with E-state index in [2.05, 4.69) is 36.5 Å². The quantitative estimate of drug-likeness (QED) is 0.796. The van der Waals surface area contributed by atoms with Gasteiger partial charge in [0.05, 0.1) is 5.71 Å². The number of nitrogens with one attached hydrogen (secondary N) is 1. The number of hydrazone groups is 1. The maximum atomic E-state index is 12.3. The van der Waals surface area contributed by atoms with Gasteiger partial charge in [-0.1, -0.05) is 35.4 Å². The summed E-state index contributed by atoms with van der Waals surface area (Å²) < 4.78 is 0. The minimum Gasteiger partial charge on any atom is -0.273 e. The van der Waals surface area contributed by atoms with E-state index in [9.17, 15) is 4.79 Å². The van der Waals surface area contributed by atoms with E-state index in [1.54, 1.807) is 0 Å². The molecule has 25 heavy (non-hydrogen) atoms. The molecule has 128 valence electrons. The summed E-state index contributed by atoms with van der Waals surface area (Å²) in [5.74, 6) is 0.919. The third-order valence-electron chi connectivity index (χ3n) is 5.05. The van der Waals surface area contributed by atoms with Crippen LogP contribution in [0.15, 0.2) is 46.4 Å². The molecule has 2 aromatic carbocycles. The van der Waals surface area contributed by atoms with Gasteiger partial charge in [-0.05, 0) is 55.3 Å². The normalized spacial score (nSPS) is 22.4. The Morgan fingerprint density at radius 3 is 2.72 bits per heavy atom. The highest BCUT2D eigenvalue weighted by Crippen LogP contribution is 2.45. The van der Waals surface area contributed by atoms with Crippen molar-refractivity contribution in [3.05, 3.63) is 63.7 Å². The Morgan fingerprint density at radius 1 is 1.20 bits per heavy atom. The van der Waals surface area contributed by atoms with Gasteiger partial charge in [0.2, 0.25) is 5.91 Å². The Balaban J connectivity index is 1.98. The fourth-order valence-corrected chi connectivity index (χ4v) is 5.33. The van der Waals surface area contributed by atoms with Crippen molar-refractivity contribution < 1.29 is 4.79 Å². The number of thioether (sulfide) groups is 1. The molecule has 2 aliphatic heterocycles. The second-order valence-corrected chi connectivity index (χ2v) is 8.36. The Bertz CT molecular complexity index is 891. The molecule has 5 heteroatoms. The van der Waals surface area contributed by atoms with Gasteiger partial charge in [0.15, 0.2) is 0 Å². The summed E-state index contributed by atoms with van der Waals surface area (Å²) in [6.45, 7) is 4.25. The first-order valence-corrected chi connectivity index (χ1v) is 9.73. The predicted octanol–water partition coefficient (Wildman–Crippen LogP) is 4.61. The van der Waals surface area contributed by atoms with E-state index in [0.29, 0.717) is 11.4 Å². The standard InChI is InChI=1S/C20H19ClN2OS/c1-12-9-13(2)18-16(10-12)19-20(7-8-25-18,11-17(24)22-23-19)14-3-5-15(21)6-4-14/h3-6,9-10H,7-8,11H2,1-2H3,(H,22,24). The van der Waals surface area contributed by atoms with Gasteiger partial charge in [0.1, 0.15) is 0 Å². The number of amides is 1. The molecule has 0 aromatic heterocycles. The molecule has 4 rings (SSSR count). The molecule has 2 aromatic rings. The minimum absolute atomic E-state index is 0.0310. The molecule has 2 heterocycles. The average molecular weight is 371 g/mol. The van der Waals surface area contributed by atoms with Crippen molar-refractivity contribution >= 4 is 35.0 Å². The summed E-state index contributed by atoms with van der Waals surface area (Å²) in [7, 11) is 0. The molecule has 0 saturated heterocycles. The van der Waals surface area contributed by atoms with Gasteiger partial charge in [-0.2, -0.15) is 5.10 Å². The maximum absolute atomic E-state index is 12.3. The minimum atomic E-state index is -0.397. The van der Waals surface area contributed by atoms with Crippen LogP contribution in [0.2, 0.25) is 5.02 Å². The van der Waals surface area contributed by atoms with E-state index in [0.717, 1.165) is 29.0 Å². The van der Waals surface area contributed by atoms with Crippen LogP contribution in [0.3, 0.4) is 0 Å². The summed E-state index contributed by atoms with van der Waals surface area (Å²) in [4.78, 5) is 13.5. The number of halogens is 1. The van der Waals surface area contributed by atoms with Crippen LogP contribution >= 0.6 is 23.4 Å². The molecular formula is C20H19ClN2OS. The zero-order valence-electron chi connectivity index (χ0n) is 14.2. The van der Waals surface area contributed by atoms with E-state index in [4.69, 9.17) is 11.6 Å². The van der Waals surface area contributed by atoms with E-state index < -0.39 is 5.41 Å². The number of rotatable bonds is 1. The van der Waals surface area contributed by atoms with Crippen molar-refractivity contribution in [2.24, 2.45) is 5.10 Å². The van der Waals surface area contributed by atoms with E-state index in [1.165, 1.54) is 16.0 Å². The van der Waals surface area contributed by atoms with Crippen LogP contribution in [-0.4, -0.2) is 17.4 Å². The molecule has 0 fully saturated rings. The topological polar surface area (TPSA) is 41.5 Å². The van der Waals surface area contributed by atoms with E-state index >= 15 is 0 Å². The number of hydrogen-bond donors (Lipinski definition) is 1. The predicted molar refractivity (Wildman–Crippen MR) is 104 cm³/mol. The fraction of sp³-hybridized carbons (Fsp3) is 0.300. The molecule has 1 amide bonds. The zero-order chi connectivity index (χ0) is 17.6. The highest BCUT2D eigenvalue weighted by atomic mass is 35.5. The van der Waals surface area contributed by atoms with Gasteiger partial charge in [-0.25, -0.2) is 5.43 Å². The Kier molecular flexibility index (Phi) is 4.13. The highest BCUT2D eigenvalue weighted by Gasteiger charge is 2.45. The largest absolute Gasteiger partial charge is 0.273 e. The zero-order valence-corrected chi connectivity index (χ0v) is 15.8. The van der Waals surface area contributed by atoms with E-state index in [1.807, 2.05) is 36.0 Å². The van der Waals surface area contributed by atoms with Crippen LogP contribution in [-0.2, 0) is 10.2 Å². The first-order valence-electron chi connectivity index (χ1n) is 8.37. The van der Waals surface area contributed by atoms with Gasteiger partial charge in [-0.3, -0.25) is 4.79 Å². The number of benzene rings is 2. The van der Waals surface area contributed by atoms with Gasteiger partial charge >= 0.3 is 0 Å². The summed E-state index contributed by atoms with van der Waals surface area (Å²) in [6.07, 6.45) is 1.29. The number of aryl methyl sites for hydroxylation is 2. The molecule has 2 aliphatic rings. The van der Waals surface area contributed by atoms with E-state index in [-0.39, 0.29) is 5.91 Å². The Labute approximate surface area is 156 Å². The van der Waals surface area contributed by atoms with Crippen molar-refractivity contribution in [1.29, 1.82) is 0 Å². The van der Waals surface area contributed by atoms with Crippen molar-refractivity contribution in [1.82, 2.24) is 5.43 Å². The van der Waals surface area contributed by atoms with Gasteiger partial charge in [-0.15, -0.1) is 11.8 Å². The van der Waals surface area contributed by atoms with Crippen molar-refractivity contribution in [3.63, 3.8) is 0 Å². The maximum Gasteiger partial charge on any atom is 0.241 e. The first-order chi connectivity index (χ1) is 12.0. The third-order valence-corrected chi connectivity index (χ3v) is 6.54. The first kappa shape index (κ1) is 16.7. The highest BCUT2D eigenvalue weighted by molar-refractivity contribution is 7.99. The molecule has 1 unspecified atom stereocenters. The van der Waals surface area contributed by atoms with Crippen molar-refractivity contribution in [3.8, 4) is 0 Å². The van der Waals surface area contributed by atoms with Crippen LogP contribution in [0.4, 0.5) is 0 Å². The SMILES string of the molecule is Cc1cc(C)c2c(c1)C1=NNC(=O)CC1(c1ccc(Cl)cc1)CCS2. The smallest absolute Gasteiger partial charge is 0.241 e. The molecule has 0 spiro atoms. The molecular weight excluding hydrogens is 352 g/mol. The Morgan fingerprint density at radius 2 is 1.96 bits per heavy atom. The molecule has 1 atom stereocenters. The summed E-state index contributed by atoms with van der Waals surface area (Å²) in [6, 6.07) is 12.3. The second kappa shape index (κ2) is 6.19. The van der Waals surface area contributed by atoms with Crippen LogP contribution in [0.25, 0.3) is 0 Å². The van der Waals surface area contributed by atoms with Crippen molar-refractivity contribution in [2.75, 3.05) is 5.75 Å². The Hall–Kier alpha value is -1.78. The summed E-state index contributed by atoms with van der Waals surface area (Å²) in [5.41, 5.74) is 8.02. The van der Waals surface area contributed by atoms with Crippen LogP contribution in [0, 0.1) is 13.8 Å². The monoisotopic (exact) mass is 370 g/mol. The summed E-state index contributed by atoms with van der Waals surface area (Å²) in [5, 5.41) is 5.26. The molecule has 1 N–H and O–H groups in total. The molecule has 0 bridgehead atoms. The summed E-state index contributed by atoms with van der Waals surface area (Å²) >= 11 is 7.96. The lowest BCUT2D eigenvalue weighted by atomic mass is 9.68. The number of nitrogens with zero attached hydrogens (tertiary/aromatic N) is 1. The van der Waals surface area contributed by atoms with Crippen LogP contribution in [0.1, 0.15) is 35.1 Å². The lowest BCUT2D eigenvalue weighted by molar-refractivity contribution is -0.122. The van der Waals surface area contributed by atoms with Crippen molar-refractivity contribution in [2.45, 2.75) is 37.0 Å². The number of hydrogen-bond acceptors (Lipinski definition) is 3. The number of fused-ring (bicyclic) bond motifs is 3. The molecule has 0 radical (unpaired) electrons. The average Bonchev–Trinajstić information content (AvgIpc) is 2.73. The fourth-order valence-electron chi connectivity index (χ4n) is 3.95. The lowest BCUT2D eigenvalue weighted by Crippen LogP contribution is -2.46. The number of carbonyl (C=O) groups is 1. The third kappa shape index (κ3) is 2.77. The van der Waals surface area contributed by atoms with Gasteiger partial charge < -0.3 is 0 Å². The number of carbonyl (C=O) groups excluding carboxylic acids is 1. The lowest BCUT2D eigenvalue weighted by Gasteiger charge is -2.36. The second-order valence-electron chi connectivity index (χ2n) is 6.82.